The second kappa shape index (κ2) is 9.35. The van der Waals surface area contributed by atoms with Gasteiger partial charge in [-0.25, -0.2) is 4.79 Å². The summed E-state index contributed by atoms with van der Waals surface area (Å²) in [4.78, 5) is 13.0. The van der Waals surface area contributed by atoms with Crippen molar-refractivity contribution in [2.24, 2.45) is 5.92 Å². The minimum Gasteiger partial charge on any atom is -0.478 e. The fraction of sp³-hybridized carbons (Fsp3) is 0.500. The first kappa shape index (κ1) is 17.4. The van der Waals surface area contributed by atoms with E-state index in [2.05, 4.69) is 37.8 Å². The van der Waals surface area contributed by atoms with Crippen LogP contribution in [0.1, 0.15) is 44.7 Å². The molecule has 0 heterocycles. The quantitative estimate of drug-likeness (QED) is 0.697. The van der Waals surface area contributed by atoms with E-state index >= 15 is 0 Å². The van der Waals surface area contributed by atoms with E-state index in [1.807, 2.05) is 12.1 Å². The Balaban J connectivity index is 2.71. The first-order valence-electron chi connectivity index (χ1n) is 7.81. The lowest BCUT2D eigenvalue weighted by Crippen LogP contribution is -2.28. The molecule has 0 aliphatic heterocycles. The molecule has 0 amide bonds. The molecule has 0 fully saturated rings. The van der Waals surface area contributed by atoms with Crippen LogP contribution in [0, 0.1) is 5.92 Å². The summed E-state index contributed by atoms with van der Waals surface area (Å²) in [6.07, 6.45) is 5.26. The lowest BCUT2D eigenvalue weighted by atomic mass is 10.0. The number of aliphatic carboxylic acids is 1. The maximum atomic E-state index is 10.6. The molecule has 21 heavy (non-hydrogen) atoms. The summed E-state index contributed by atoms with van der Waals surface area (Å²) in [5.74, 6) is -0.163. The number of carbonyl (C=O) groups is 1. The Morgan fingerprint density at radius 1 is 1.29 bits per heavy atom. The zero-order valence-corrected chi connectivity index (χ0v) is 13.4. The lowest BCUT2D eigenvalue weighted by molar-refractivity contribution is -0.131. The maximum Gasteiger partial charge on any atom is 0.328 e. The molecule has 0 saturated carbocycles. The summed E-state index contributed by atoms with van der Waals surface area (Å²) >= 11 is 0. The molecule has 0 bridgehead atoms. The molecule has 0 unspecified atom stereocenters. The minimum absolute atomic E-state index is 0.750. The van der Waals surface area contributed by atoms with E-state index in [4.69, 9.17) is 5.11 Å². The lowest BCUT2D eigenvalue weighted by Gasteiger charge is -2.25. The molecule has 1 aromatic carbocycles. The van der Waals surface area contributed by atoms with Crippen LogP contribution in [0.3, 0.4) is 0 Å². The van der Waals surface area contributed by atoms with E-state index in [9.17, 15) is 4.79 Å². The van der Waals surface area contributed by atoms with Crippen LogP contribution in [0.4, 0.5) is 0 Å². The number of rotatable bonds is 9. The highest BCUT2D eigenvalue weighted by Gasteiger charge is 2.10. The van der Waals surface area contributed by atoms with Crippen LogP contribution in [0.15, 0.2) is 30.3 Å². The average Bonchev–Trinajstić information content (AvgIpc) is 2.49. The summed E-state index contributed by atoms with van der Waals surface area (Å²) in [7, 11) is 0. The highest BCUT2D eigenvalue weighted by atomic mass is 16.4. The van der Waals surface area contributed by atoms with Crippen LogP contribution >= 0.6 is 0 Å². The van der Waals surface area contributed by atoms with Crippen LogP contribution in [-0.2, 0) is 11.3 Å². The molecule has 1 rings (SSSR count). The van der Waals surface area contributed by atoms with Gasteiger partial charge in [0.2, 0.25) is 0 Å². The molecule has 0 radical (unpaired) electrons. The van der Waals surface area contributed by atoms with Crippen molar-refractivity contribution in [2.75, 3.05) is 13.1 Å². The van der Waals surface area contributed by atoms with Gasteiger partial charge in [0.05, 0.1) is 0 Å². The third kappa shape index (κ3) is 6.58. The molecule has 0 aliphatic rings. The van der Waals surface area contributed by atoms with Crippen molar-refractivity contribution in [3.05, 3.63) is 41.5 Å². The Morgan fingerprint density at radius 2 is 2.00 bits per heavy atom. The van der Waals surface area contributed by atoms with E-state index in [-0.39, 0.29) is 0 Å². The highest BCUT2D eigenvalue weighted by molar-refractivity contribution is 5.85. The van der Waals surface area contributed by atoms with Gasteiger partial charge in [0, 0.05) is 19.2 Å². The Labute approximate surface area is 128 Å². The molecule has 0 saturated heterocycles. The van der Waals surface area contributed by atoms with E-state index in [1.54, 1.807) is 6.08 Å². The first-order chi connectivity index (χ1) is 10.1. The molecule has 116 valence electrons. The monoisotopic (exact) mass is 289 g/mol. The van der Waals surface area contributed by atoms with Gasteiger partial charge in [-0.05, 0) is 29.7 Å². The van der Waals surface area contributed by atoms with Crippen LogP contribution in [0.2, 0.25) is 0 Å². The van der Waals surface area contributed by atoms with E-state index in [0.717, 1.165) is 31.1 Å². The van der Waals surface area contributed by atoms with Crippen LogP contribution in [0.5, 0.6) is 0 Å². The standard InChI is InChI=1S/C18H27NO2/c1-4-15(5-2)13-19(6-3)14-17-9-7-8-16(12-17)10-11-18(20)21/h7-12,15H,4-6,13-14H2,1-3H3,(H,20,21). The van der Waals surface area contributed by atoms with Crippen LogP contribution in [0.25, 0.3) is 6.08 Å². The molecule has 0 aliphatic carbocycles. The van der Waals surface area contributed by atoms with E-state index in [1.165, 1.54) is 24.5 Å². The minimum atomic E-state index is -0.913. The fourth-order valence-electron chi connectivity index (χ4n) is 2.44. The molecular formula is C18H27NO2. The molecular weight excluding hydrogens is 262 g/mol. The maximum absolute atomic E-state index is 10.6. The van der Waals surface area contributed by atoms with Crippen molar-refractivity contribution in [3.63, 3.8) is 0 Å². The van der Waals surface area contributed by atoms with Gasteiger partial charge < -0.3 is 5.11 Å². The van der Waals surface area contributed by atoms with Gasteiger partial charge in [-0.2, -0.15) is 0 Å². The molecule has 3 nitrogen and oxygen atoms in total. The van der Waals surface area contributed by atoms with Gasteiger partial charge in [0.15, 0.2) is 0 Å². The third-order valence-corrected chi connectivity index (χ3v) is 3.89. The van der Waals surface area contributed by atoms with Crippen molar-refractivity contribution >= 4 is 12.0 Å². The summed E-state index contributed by atoms with van der Waals surface area (Å²) < 4.78 is 0. The molecule has 1 N–H and O–H groups in total. The Kier molecular flexibility index (Phi) is 7.76. The van der Waals surface area contributed by atoms with Gasteiger partial charge in [-0.3, -0.25) is 4.90 Å². The topological polar surface area (TPSA) is 40.5 Å². The largest absolute Gasteiger partial charge is 0.478 e. The number of benzene rings is 1. The Hall–Kier alpha value is -1.61. The second-order valence-corrected chi connectivity index (χ2v) is 5.43. The normalized spacial score (nSPS) is 11.7. The van der Waals surface area contributed by atoms with Crippen molar-refractivity contribution < 1.29 is 9.90 Å². The van der Waals surface area contributed by atoms with E-state index in [0.29, 0.717) is 0 Å². The number of nitrogens with zero attached hydrogens (tertiary/aromatic N) is 1. The Bertz CT molecular complexity index is 464. The van der Waals surface area contributed by atoms with Crippen LogP contribution < -0.4 is 0 Å². The van der Waals surface area contributed by atoms with Gasteiger partial charge in [-0.15, -0.1) is 0 Å². The number of hydrogen-bond acceptors (Lipinski definition) is 2. The highest BCUT2D eigenvalue weighted by Crippen LogP contribution is 2.14. The number of carboxylic acid groups (broad SMARTS) is 1. The summed E-state index contributed by atoms with van der Waals surface area (Å²) in [6.45, 7) is 9.77. The third-order valence-electron chi connectivity index (χ3n) is 3.89. The predicted molar refractivity (Wildman–Crippen MR) is 88.1 cm³/mol. The van der Waals surface area contributed by atoms with Crippen molar-refractivity contribution in [1.82, 2.24) is 4.90 Å². The van der Waals surface area contributed by atoms with Gasteiger partial charge in [0.25, 0.3) is 0 Å². The Morgan fingerprint density at radius 3 is 2.57 bits per heavy atom. The average molecular weight is 289 g/mol. The van der Waals surface area contributed by atoms with Gasteiger partial charge in [-0.1, -0.05) is 57.9 Å². The first-order valence-corrected chi connectivity index (χ1v) is 7.81. The summed E-state index contributed by atoms with van der Waals surface area (Å²) in [6, 6.07) is 8.09. The SMILES string of the molecule is CCC(CC)CN(CC)Cc1cccc(C=CC(=O)O)c1. The van der Waals surface area contributed by atoms with Crippen molar-refractivity contribution in [2.45, 2.75) is 40.2 Å². The summed E-state index contributed by atoms with van der Waals surface area (Å²) in [5.41, 5.74) is 2.17. The van der Waals surface area contributed by atoms with Crippen molar-refractivity contribution in [1.29, 1.82) is 0 Å². The smallest absolute Gasteiger partial charge is 0.328 e. The predicted octanol–water partition coefficient (Wildman–Crippen LogP) is 4.04. The van der Waals surface area contributed by atoms with Crippen LogP contribution in [-0.4, -0.2) is 29.1 Å². The molecule has 0 aromatic heterocycles. The molecule has 3 heteroatoms. The van der Waals surface area contributed by atoms with Gasteiger partial charge in [0.1, 0.15) is 0 Å². The summed E-state index contributed by atoms with van der Waals surface area (Å²) in [5, 5.41) is 8.69. The molecule has 0 spiro atoms. The molecule has 1 aromatic rings. The zero-order valence-electron chi connectivity index (χ0n) is 13.4. The number of hydrogen-bond donors (Lipinski definition) is 1. The molecule has 0 atom stereocenters. The zero-order chi connectivity index (χ0) is 15.7. The number of carboxylic acids is 1. The van der Waals surface area contributed by atoms with Gasteiger partial charge >= 0.3 is 5.97 Å². The van der Waals surface area contributed by atoms with Crippen molar-refractivity contribution in [3.8, 4) is 0 Å². The van der Waals surface area contributed by atoms with E-state index < -0.39 is 5.97 Å². The second-order valence-electron chi connectivity index (χ2n) is 5.43. The fourth-order valence-corrected chi connectivity index (χ4v) is 2.44.